The summed E-state index contributed by atoms with van der Waals surface area (Å²) in [6.07, 6.45) is -2.57. The average molecular weight is 310 g/mol. The zero-order chi connectivity index (χ0) is 13.9. The minimum absolute atomic E-state index is 0. The van der Waals surface area contributed by atoms with Crippen LogP contribution in [-0.4, -0.2) is 19.2 Å². The minimum atomic E-state index is -4.37. The molecular formula is C14H19ClF3NO. The van der Waals surface area contributed by atoms with E-state index in [4.69, 9.17) is 4.74 Å². The van der Waals surface area contributed by atoms with E-state index in [-0.39, 0.29) is 30.2 Å². The van der Waals surface area contributed by atoms with Gasteiger partial charge >= 0.3 is 6.18 Å². The first-order chi connectivity index (χ1) is 8.98. The van der Waals surface area contributed by atoms with Crippen LogP contribution >= 0.6 is 12.4 Å². The highest BCUT2D eigenvalue weighted by molar-refractivity contribution is 5.85. The van der Waals surface area contributed by atoms with Gasteiger partial charge in [-0.3, -0.25) is 0 Å². The first-order valence-electron chi connectivity index (χ1n) is 6.52. The SMILES string of the molecule is CC(Oc1ccccc1C(F)(F)F)C1CCCNC1.Cl. The number of benzene rings is 1. The molecule has 1 fully saturated rings. The summed E-state index contributed by atoms with van der Waals surface area (Å²) in [5, 5.41) is 3.24. The molecule has 0 saturated carbocycles. The maximum absolute atomic E-state index is 12.8. The van der Waals surface area contributed by atoms with Crippen molar-refractivity contribution in [1.29, 1.82) is 0 Å². The van der Waals surface area contributed by atoms with Crippen LogP contribution in [0.15, 0.2) is 24.3 Å². The Morgan fingerprint density at radius 3 is 2.60 bits per heavy atom. The Kier molecular flexibility index (Phi) is 6.14. The van der Waals surface area contributed by atoms with Crippen LogP contribution in [0.3, 0.4) is 0 Å². The quantitative estimate of drug-likeness (QED) is 0.914. The van der Waals surface area contributed by atoms with E-state index in [0.717, 1.165) is 32.0 Å². The van der Waals surface area contributed by atoms with Gasteiger partial charge in [-0.15, -0.1) is 12.4 Å². The van der Waals surface area contributed by atoms with Crippen LogP contribution in [0.25, 0.3) is 0 Å². The smallest absolute Gasteiger partial charge is 0.419 e. The molecule has 0 aliphatic carbocycles. The number of rotatable bonds is 3. The summed E-state index contributed by atoms with van der Waals surface area (Å²) in [7, 11) is 0. The van der Waals surface area contributed by atoms with E-state index >= 15 is 0 Å². The van der Waals surface area contributed by atoms with Crippen molar-refractivity contribution in [3.63, 3.8) is 0 Å². The largest absolute Gasteiger partial charge is 0.490 e. The van der Waals surface area contributed by atoms with E-state index in [1.807, 2.05) is 6.92 Å². The Morgan fingerprint density at radius 2 is 2.00 bits per heavy atom. The molecule has 2 unspecified atom stereocenters. The highest BCUT2D eigenvalue weighted by Gasteiger charge is 2.35. The van der Waals surface area contributed by atoms with Crippen molar-refractivity contribution in [3.8, 4) is 5.75 Å². The third-order valence-electron chi connectivity index (χ3n) is 3.50. The lowest BCUT2D eigenvalue weighted by Crippen LogP contribution is -2.38. The molecule has 0 bridgehead atoms. The molecule has 0 amide bonds. The summed E-state index contributed by atoms with van der Waals surface area (Å²) < 4.78 is 44.1. The van der Waals surface area contributed by atoms with Crippen molar-refractivity contribution in [2.45, 2.75) is 32.0 Å². The van der Waals surface area contributed by atoms with Crippen LogP contribution in [0, 0.1) is 5.92 Å². The summed E-state index contributed by atoms with van der Waals surface area (Å²) in [6.45, 7) is 3.61. The topological polar surface area (TPSA) is 21.3 Å². The second kappa shape index (κ2) is 7.18. The van der Waals surface area contributed by atoms with E-state index in [1.165, 1.54) is 12.1 Å². The van der Waals surface area contributed by atoms with Gasteiger partial charge in [0.25, 0.3) is 0 Å². The minimum Gasteiger partial charge on any atom is -0.490 e. The summed E-state index contributed by atoms with van der Waals surface area (Å²) in [6, 6.07) is 5.38. The fourth-order valence-electron chi connectivity index (χ4n) is 2.38. The van der Waals surface area contributed by atoms with Gasteiger partial charge in [-0.1, -0.05) is 12.1 Å². The van der Waals surface area contributed by atoms with Crippen molar-refractivity contribution in [2.24, 2.45) is 5.92 Å². The summed E-state index contributed by atoms with van der Waals surface area (Å²) in [5.74, 6) is 0.183. The second-order valence-electron chi connectivity index (χ2n) is 4.92. The lowest BCUT2D eigenvalue weighted by molar-refractivity contribution is -0.139. The summed E-state index contributed by atoms with van der Waals surface area (Å²) in [5.41, 5.74) is -0.703. The van der Waals surface area contributed by atoms with Crippen molar-refractivity contribution in [1.82, 2.24) is 5.32 Å². The third-order valence-corrected chi connectivity index (χ3v) is 3.50. The Balaban J connectivity index is 0.00000200. The first-order valence-corrected chi connectivity index (χ1v) is 6.52. The molecule has 2 atom stereocenters. The molecule has 2 nitrogen and oxygen atoms in total. The number of piperidine rings is 1. The van der Waals surface area contributed by atoms with Gasteiger partial charge in [0, 0.05) is 12.5 Å². The zero-order valence-corrected chi connectivity index (χ0v) is 12.1. The van der Waals surface area contributed by atoms with Crippen molar-refractivity contribution in [3.05, 3.63) is 29.8 Å². The second-order valence-corrected chi connectivity index (χ2v) is 4.92. The van der Waals surface area contributed by atoms with Crippen LogP contribution in [0.5, 0.6) is 5.75 Å². The molecule has 20 heavy (non-hydrogen) atoms. The van der Waals surface area contributed by atoms with Gasteiger partial charge in [-0.25, -0.2) is 0 Å². The van der Waals surface area contributed by atoms with E-state index < -0.39 is 11.7 Å². The number of nitrogens with one attached hydrogen (secondary N) is 1. The van der Waals surface area contributed by atoms with Crippen LogP contribution in [0.1, 0.15) is 25.3 Å². The molecule has 0 spiro atoms. The molecule has 0 aromatic heterocycles. The Hall–Kier alpha value is -0.940. The van der Waals surface area contributed by atoms with Crippen molar-refractivity contribution < 1.29 is 17.9 Å². The molecule has 6 heteroatoms. The van der Waals surface area contributed by atoms with Crippen LogP contribution < -0.4 is 10.1 Å². The highest BCUT2D eigenvalue weighted by Crippen LogP contribution is 2.36. The highest BCUT2D eigenvalue weighted by atomic mass is 35.5. The molecular weight excluding hydrogens is 291 g/mol. The molecule has 0 radical (unpaired) electrons. The van der Waals surface area contributed by atoms with Gasteiger partial charge in [0.05, 0.1) is 11.7 Å². The van der Waals surface area contributed by atoms with Crippen molar-refractivity contribution in [2.75, 3.05) is 13.1 Å². The fraction of sp³-hybridized carbons (Fsp3) is 0.571. The number of hydrogen-bond donors (Lipinski definition) is 1. The number of alkyl halides is 3. The van der Waals surface area contributed by atoms with E-state index in [2.05, 4.69) is 5.32 Å². The van der Waals surface area contributed by atoms with E-state index in [9.17, 15) is 13.2 Å². The van der Waals surface area contributed by atoms with Gasteiger partial charge in [0.1, 0.15) is 5.75 Å². The van der Waals surface area contributed by atoms with Crippen LogP contribution in [-0.2, 0) is 6.18 Å². The predicted octanol–water partition coefficient (Wildman–Crippen LogP) is 3.89. The number of para-hydroxylation sites is 1. The van der Waals surface area contributed by atoms with Gasteiger partial charge in [-0.2, -0.15) is 13.2 Å². The molecule has 114 valence electrons. The number of hydrogen-bond acceptors (Lipinski definition) is 2. The molecule has 1 N–H and O–H groups in total. The maximum Gasteiger partial charge on any atom is 0.419 e. The van der Waals surface area contributed by atoms with Crippen LogP contribution in [0.2, 0.25) is 0 Å². The zero-order valence-electron chi connectivity index (χ0n) is 11.2. The molecule has 1 aliphatic heterocycles. The van der Waals surface area contributed by atoms with E-state index in [1.54, 1.807) is 6.07 Å². The normalized spacial score (nSPS) is 20.9. The molecule has 1 saturated heterocycles. The van der Waals surface area contributed by atoms with Gasteiger partial charge in [-0.05, 0) is 38.4 Å². The third kappa shape index (κ3) is 4.28. The average Bonchev–Trinajstić information content (AvgIpc) is 2.39. The molecule has 1 aliphatic rings. The Bertz CT molecular complexity index is 419. The summed E-state index contributed by atoms with van der Waals surface area (Å²) in [4.78, 5) is 0. The Labute approximate surface area is 123 Å². The lowest BCUT2D eigenvalue weighted by Gasteiger charge is -2.29. The summed E-state index contributed by atoms with van der Waals surface area (Å²) >= 11 is 0. The lowest BCUT2D eigenvalue weighted by atomic mass is 9.94. The number of halogens is 4. The van der Waals surface area contributed by atoms with Gasteiger partial charge < -0.3 is 10.1 Å². The number of ether oxygens (including phenoxy) is 1. The van der Waals surface area contributed by atoms with Gasteiger partial charge in [0.2, 0.25) is 0 Å². The standard InChI is InChI=1S/C14H18F3NO.ClH/c1-10(11-5-4-8-18-9-11)19-13-7-3-2-6-12(13)14(15,16)17;/h2-3,6-7,10-11,18H,4-5,8-9H2,1H3;1H. The van der Waals surface area contributed by atoms with Crippen molar-refractivity contribution >= 4 is 12.4 Å². The molecule has 1 aromatic carbocycles. The monoisotopic (exact) mass is 309 g/mol. The molecule has 1 heterocycles. The van der Waals surface area contributed by atoms with Crippen LogP contribution in [0.4, 0.5) is 13.2 Å². The maximum atomic E-state index is 12.8. The predicted molar refractivity (Wildman–Crippen MR) is 74.4 cm³/mol. The fourth-order valence-corrected chi connectivity index (χ4v) is 2.38. The van der Waals surface area contributed by atoms with E-state index in [0.29, 0.717) is 0 Å². The Morgan fingerprint density at radius 1 is 1.30 bits per heavy atom. The molecule has 1 aromatic rings. The van der Waals surface area contributed by atoms with Gasteiger partial charge in [0.15, 0.2) is 0 Å². The first kappa shape index (κ1) is 17.1. The molecule has 2 rings (SSSR count).